The second kappa shape index (κ2) is 11.8. The Balaban J connectivity index is 1.54. The van der Waals surface area contributed by atoms with Crippen LogP contribution in [-0.4, -0.2) is 41.5 Å². The van der Waals surface area contributed by atoms with E-state index >= 15 is 0 Å². The highest BCUT2D eigenvalue weighted by Gasteiger charge is 2.36. The van der Waals surface area contributed by atoms with Gasteiger partial charge in [0.25, 0.3) is 0 Å². The molecule has 36 heavy (non-hydrogen) atoms. The van der Waals surface area contributed by atoms with E-state index in [2.05, 4.69) is 44.8 Å². The van der Waals surface area contributed by atoms with Crippen LogP contribution in [-0.2, 0) is 22.7 Å². The lowest BCUT2D eigenvalue weighted by atomic mass is 9.78. The zero-order chi connectivity index (χ0) is 25.7. The second-order valence-corrected chi connectivity index (χ2v) is 10.2. The van der Waals surface area contributed by atoms with Crippen molar-refractivity contribution in [2.24, 2.45) is 5.92 Å². The van der Waals surface area contributed by atoms with Gasteiger partial charge in [0.15, 0.2) is 5.78 Å². The van der Waals surface area contributed by atoms with Gasteiger partial charge in [-0.15, -0.1) is 0 Å². The van der Waals surface area contributed by atoms with Crippen LogP contribution in [0.2, 0.25) is 0 Å². The van der Waals surface area contributed by atoms with E-state index in [1.54, 1.807) is 20.2 Å². The highest BCUT2D eigenvalue weighted by molar-refractivity contribution is 6.42. The number of likely N-dealkylation sites (N-methyl/N-ethyl adjacent to an activating group) is 1. The zero-order valence-electron chi connectivity index (χ0n) is 21.7. The van der Waals surface area contributed by atoms with E-state index in [0.29, 0.717) is 6.42 Å². The summed E-state index contributed by atoms with van der Waals surface area (Å²) in [5, 5.41) is 14.9. The molecule has 1 saturated carbocycles. The predicted molar refractivity (Wildman–Crippen MR) is 143 cm³/mol. The number of hydrogen-bond donors (Lipinski definition) is 3. The van der Waals surface area contributed by atoms with Gasteiger partial charge in [0.1, 0.15) is 5.82 Å². The van der Waals surface area contributed by atoms with Gasteiger partial charge in [0, 0.05) is 25.2 Å². The number of Topliss-reactive ketones (excluding diaryl/α,β-unsaturated/α-hetero) is 1. The molecule has 1 aromatic carbocycles. The molecule has 7 heteroatoms. The van der Waals surface area contributed by atoms with Gasteiger partial charge in [0.05, 0.1) is 17.8 Å². The van der Waals surface area contributed by atoms with Gasteiger partial charge in [-0.05, 0) is 68.0 Å². The van der Waals surface area contributed by atoms with Gasteiger partial charge in [-0.3, -0.25) is 9.59 Å². The van der Waals surface area contributed by atoms with Crippen LogP contribution in [0.4, 0.5) is 5.82 Å². The lowest BCUT2D eigenvalue weighted by Crippen LogP contribution is -2.53. The minimum absolute atomic E-state index is 0.0762. The molecule has 192 valence electrons. The molecule has 2 aromatic rings. The molecule has 7 nitrogen and oxygen atoms in total. The minimum Gasteiger partial charge on any atom is -0.348 e. The molecule has 0 radical (unpaired) electrons. The maximum atomic E-state index is 13.8. The number of aromatic nitrogens is 1. The summed E-state index contributed by atoms with van der Waals surface area (Å²) in [6.07, 6.45) is 7.50. The summed E-state index contributed by atoms with van der Waals surface area (Å²) >= 11 is 0. The number of fused-ring (bicyclic) bond motifs is 1. The van der Waals surface area contributed by atoms with Crippen molar-refractivity contribution in [3.05, 3.63) is 59.3 Å². The van der Waals surface area contributed by atoms with E-state index in [4.69, 9.17) is 5.41 Å². The Morgan fingerprint density at radius 2 is 1.78 bits per heavy atom. The number of ketones is 1. The molecule has 1 fully saturated rings. The van der Waals surface area contributed by atoms with Crippen molar-refractivity contribution in [1.29, 1.82) is 5.41 Å². The number of rotatable bonds is 10. The van der Waals surface area contributed by atoms with Gasteiger partial charge in [-0.2, -0.15) is 0 Å². The Morgan fingerprint density at radius 1 is 1.11 bits per heavy atom. The first-order chi connectivity index (χ1) is 17.4. The first-order valence-corrected chi connectivity index (χ1v) is 13.3. The fraction of sp³-hybridized carbons (Fsp3) is 0.517. The lowest BCUT2D eigenvalue weighted by Gasteiger charge is -2.32. The Kier molecular flexibility index (Phi) is 8.52. The maximum Gasteiger partial charge on any atom is 0.237 e. The molecular formula is C29H39N5O2. The van der Waals surface area contributed by atoms with E-state index < -0.39 is 12.1 Å². The van der Waals surface area contributed by atoms with E-state index in [1.807, 2.05) is 19.1 Å². The van der Waals surface area contributed by atoms with E-state index in [9.17, 15) is 9.59 Å². The number of benzene rings is 1. The van der Waals surface area contributed by atoms with Crippen LogP contribution in [0.5, 0.6) is 0 Å². The molecule has 3 N–H and O–H groups in total. The SMILES string of the molecule is CCC(C(=N)C(=O)C(NC(=O)C(C)NC)C1CCCCC1)c1ccnc(N2Cc3ccccc3C2)c1. The number of carbonyl (C=O) groups excluding carboxylic acids is 2. The average Bonchev–Trinajstić information content (AvgIpc) is 3.36. The molecule has 1 aliphatic heterocycles. The number of pyridine rings is 1. The first-order valence-electron chi connectivity index (χ1n) is 13.3. The smallest absolute Gasteiger partial charge is 0.237 e. The highest BCUT2D eigenvalue weighted by atomic mass is 16.2. The van der Waals surface area contributed by atoms with Crippen LogP contribution in [0.25, 0.3) is 0 Å². The van der Waals surface area contributed by atoms with Crippen LogP contribution in [0.3, 0.4) is 0 Å². The normalized spacial score (nSPS) is 18.2. The lowest BCUT2D eigenvalue weighted by molar-refractivity contribution is -0.127. The Morgan fingerprint density at radius 3 is 2.39 bits per heavy atom. The third-order valence-electron chi connectivity index (χ3n) is 7.89. The maximum absolute atomic E-state index is 13.8. The van der Waals surface area contributed by atoms with Gasteiger partial charge < -0.3 is 20.9 Å². The molecule has 1 aromatic heterocycles. The fourth-order valence-corrected chi connectivity index (χ4v) is 5.54. The summed E-state index contributed by atoms with van der Waals surface area (Å²) in [4.78, 5) is 33.3. The number of amides is 1. The predicted octanol–water partition coefficient (Wildman–Crippen LogP) is 4.36. The summed E-state index contributed by atoms with van der Waals surface area (Å²) < 4.78 is 0. The number of anilines is 1. The highest BCUT2D eigenvalue weighted by Crippen LogP contribution is 2.32. The molecule has 0 saturated heterocycles. The Labute approximate surface area is 214 Å². The molecule has 1 aliphatic carbocycles. The first kappa shape index (κ1) is 26.0. The summed E-state index contributed by atoms with van der Waals surface area (Å²) in [6.45, 7) is 5.40. The van der Waals surface area contributed by atoms with Crippen LogP contribution < -0.4 is 15.5 Å². The molecule has 4 rings (SSSR count). The number of nitrogens with one attached hydrogen (secondary N) is 3. The molecule has 2 heterocycles. The molecule has 3 unspecified atom stereocenters. The molecule has 2 aliphatic rings. The number of hydrogen-bond acceptors (Lipinski definition) is 6. The van der Waals surface area contributed by atoms with E-state index in [1.165, 1.54) is 11.1 Å². The number of carbonyl (C=O) groups is 2. The van der Waals surface area contributed by atoms with Crippen molar-refractivity contribution in [3.63, 3.8) is 0 Å². The largest absolute Gasteiger partial charge is 0.348 e. The summed E-state index contributed by atoms with van der Waals surface area (Å²) in [6, 6.07) is 11.3. The van der Waals surface area contributed by atoms with Gasteiger partial charge in [-0.25, -0.2) is 4.98 Å². The summed E-state index contributed by atoms with van der Waals surface area (Å²) in [5.74, 6) is 0.156. The van der Waals surface area contributed by atoms with Crippen molar-refractivity contribution in [3.8, 4) is 0 Å². The van der Waals surface area contributed by atoms with Crippen molar-refractivity contribution < 1.29 is 9.59 Å². The second-order valence-electron chi connectivity index (χ2n) is 10.2. The molecule has 0 spiro atoms. The number of nitrogens with zero attached hydrogens (tertiary/aromatic N) is 2. The summed E-state index contributed by atoms with van der Waals surface area (Å²) in [7, 11) is 1.73. The van der Waals surface area contributed by atoms with Crippen molar-refractivity contribution in [2.45, 2.75) is 83.5 Å². The molecule has 3 atom stereocenters. The standard InChI is InChI=1S/C29H39N5O2/c1-4-24(21-14-15-32-25(16-21)34-17-22-12-8-9-13-23(22)18-34)26(30)28(35)27(20-10-6-5-7-11-20)33-29(36)19(2)31-3/h8-9,12-16,19-20,24,27,30-31H,4-7,10-11,17-18H2,1-3H3,(H,33,36). The molecule has 1 amide bonds. The quantitative estimate of drug-likeness (QED) is 0.431. The van der Waals surface area contributed by atoms with Crippen LogP contribution >= 0.6 is 0 Å². The van der Waals surface area contributed by atoms with Crippen LogP contribution in [0, 0.1) is 11.3 Å². The Bertz CT molecular complexity index is 1070. The van der Waals surface area contributed by atoms with Crippen molar-refractivity contribution >= 4 is 23.2 Å². The van der Waals surface area contributed by atoms with Crippen molar-refractivity contribution in [1.82, 2.24) is 15.6 Å². The van der Waals surface area contributed by atoms with Crippen LogP contribution in [0.15, 0.2) is 42.6 Å². The van der Waals surface area contributed by atoms with Gasteiger partial charge in [-0.1, -0.05) is 50.5 Å². The monoisotopic (exact) mass is 489 g/mol. The zero-order valence-corrected chi connectivity index (χ0v) is 21.7. The average molecular weight is 490 g/mol. The molecular weight excluding hydrogens is 450 g/mol. The minimum atomic E-state index is -0.649. The topological polar surface area (TPSA) is 98.2 Å². The van der Waals surface area contributed by atoms with Gasteiger partial charge in [0.2, 0.25) is 5.91 Å². The fourth-order valence-electron chi connectivity index (χ4n) is 5.54. The van der Waals surface area contributed by atoms with E-state index in [0.717, 1.165) is 56.6 Å². The third-order valence-corrected chi connectivity index (χ3v) is 7.89. The van der Waals surface area contributed by atoms with Gasteiger partial charge >= 0.3 is 0 Å². The third kappa shape index (κ3) is 5.67. The molecule has 0 bridgehead atoms. The summed E-state index contributed by atoms with van der Waals surface area (Å²) in [5.41, 5.74) is 3.62. The Hall–Kier alpha value is -3.06. The van der Waals surface area contributed by atoms with E-state index in [-0.39, 0.29) is 29.2 Å². The van der Waals surface area contributed by atoms with Crippen molar-refractivity contribution in [2.75, 3.05) is 11.9 Å². The van der Waals surface area contributed by atoms with Crippen LogP contribution in [0.1, 0.15) is 75.0 Å².